The summed E-state index contributed by atoms with van der Waals surface area (Å²) < 4.78 is 0. The van der Waals surface area contributed by atoms with Crippen molar-refractivity contribution >= 4 is 17.5 Å². The Labute approximate surface area is 108 Å². The molecule has 1 aromatic carbocycles. The molecule has 92 valence electrons. The number of benzene rings is 1. The molecular weight excluding hydrogens is 228 g/mol. The quantitative estimate of drug-likeness (QED) is 0.722. The highest BCUT2D eigenvalue weighted by molar-refractivity contribution is 8.00. The van der Waals surface area contributed by atoms with Crippen LogP contribution in [0.1, 0.15) is 38.5 Å². The molecule has 0 spiro atoms. The highest BCUT2D eigenvalue weighted by Crippen LogP contribution is 2.27. The minimum Gasteiger partial charge on any atom is -0.299 e. The van der Waals surface area contributed by atoms with Crippen molar-refractivity contribution in [2.45, 2.75) is 43.4 Å². The average Bonchev–Trinajstić information content (AvgIpc) is 2.39. The first-order chi connectivity index (χ1) is 8.34. The summed E-state index contributed by atoms with van der Waals surface area (Å²) in [7, 11) is 0. The molecule has 0 aromatic heterocycles. The van der Waals surface area contributed by atoms with Gasteiger partial charge in [-0.05, 0) is 18.1 Å². The second-order valence-electron chi connectivity index (χ2n) is 4.85. The molecule has 2 rings (SSSR count). The molecule has 1 fully saturated rings. The minimum absolute atomic E-state index is 0.422. The lowest BCUT2D eigenvalue weighted by Crippen LogP contribution is -2.13. The van der Waals surface area contributed by atoms with Crippen LogP contribution < -0.4 is 0 Å². The molecule has 0 radical (unpaired) electrons. The Hall–Kier alpha value is -0.760. The molecular formula is C15H20OS. The number of rotatable bonds is 5. The van der Waals surface area contributed by atoms with Gasteiger partial charge < -0.3 is 0 Å². The average molecular weight is 248 g/mol. The van der Waals surface area contributed by atoms with E-state index in [4.69, 9.17) is 0 Å². The van der Waals surface area contributed by atoms with Gasteiger partial charge in [-0.3, -0.25) is 4.79 Å². The standard InChI is InChI=1S/C15H20OS/c16-14(11-13-7-3-1-4-8-13)12-17-15-9-5-2-6-10-15/h2,5-6,9-10,13H,1,3-4,7-8,11-12H2. The molecule has 0 bridgehead atoms. The number of hydrogen-bond acceptors (Lipinski definition) is 2. The van der Waals surface area contributed by atoms with Gasteiger partial charge in [-0.15, -0.1) is 11.8 Å². The van der Waals surface area contributed by atoms with Crippen molar-refractivity contribution in [3.05, 3.63) is 30.3 Å². The highest BCUT2D eigenvalue weighted by atomic mass is 32.2. The smallest absolute Gasteiger partial charge is 0.143 e. The summed E-state index contributed by atoms with van der Waals surface area (Å²) in [5.41, 5.74) is 0. The third-order valence-electron chi connectivity index (χ3n) is 3.38. The van der Waals surface area contributed by atoms with Crippen LogP contribution in [-0.4, -0.2) is 11.5 Å². The lowest BCUT2D eigenvalue weighted by Gasteiger charge is -2.20. The van der Waals surface area contributed by atoms with Gasteiger partial charge in [-0.1, -0.05) is 50.3 Å². The van der Waals surface area contributed by atoms with Crippen LogP contribution in [0.2, 0.25) is 0 Å². The lowest BCUT2D eigenvalue weighted by molar-refractivity contribution is -0.117. The van der Waals surface area contributed by atoms with E-state index >= 15 is 0 Å². The molecule has 0 amide bonds. The third-order valence-corrected chi connectivity index (χ3v) is 4.46. The van der Waals surface area contributed by atoms with E-state index in [0.29, 0.717) is 17.5 Å². The van der Waals surface area contributed by atoms with Crippen LogP contribution in [0.25, 0.3) is 0 Å². The molecule has 0 N–H and O–H groups in total. The number of thioether (sulfide) groups is 1. The van der Waals surface area contributed by atoms with Gasteiger partial charge in [-0.2, -0.15) is 0 Å². The van der Waals surface area contributed by atoms with Gasteiger partial charge in [0.15, 0.2) is 0 Å². The van der Waals surface area contributed by atoms with Crippen molar-refractivity contribution in [2.24, 2.45) is 5.92 Å². The largest absolute Gasteiger partial charge is 0.299 e. The van der Waals surface area contributed by atoms with Crippen LogP contribution in [0.5, 0.6) is 0 Å². The maximum Gasteiger partial charge on any atom is 0.143 e. The molecule has 0 aliphatic heterocycles. The third kappa shape index (κ3) is 4.55. The fourth-order valence-electron chi connectivity index (χ4n) is 2.45. The maximum absolute atomic E-state index is 11.9. The molecule has 0 atom stereocenters. The van der Waals surface area contributed by atoms with E-state index in [1.54, 1.807) is 11.8 Å². The first kappa shape index (κ1) is 12.7. The molecule has 0 unspecified atom stereocenters. The number of carbonyl (C=O) groups is 1. The molecule has 1 aliphatic carbocycles. The van der Waals surface area contributed by atoms with Crippen LogP contribution >= 0.6 is 11.8 Å². The minimum atomic E-state index is 0.422. The summed E-state index contributed by atoms with van der Waals surface area (Å²) in [5.74, 6) is 1.74. The number of carbonyl (C=O) groups excluding carboxylic acids is 1. The van der Waals surface area contributed by atoms with Crippen LogP contribution in [0.15, 0.2) is 35.2 Å². The van der Waals surface area contributed by atoms with E-state index in [1.807, 2.05) is 18.2 Å². The predicted molar refractivity (Wildman–Crippen MR) is 73.4 cm³/mol. The Kier molecular flexibility index (Phi) is 5.11. The topological polar surface area (TPSA) is 17.1 Å². The Morgan fingerprint density at radius 2 is 1.82 bits per heavy atom. The van der Waals surface area contributed by atoms with Crippen LogP contribution in [-0.2, 0) is 4.79 Å². The Morgan fingerprint density at radius 3 is 2.53 bits per heavy atom. The van der Waals surface area contributed by atoms with Crippen LogP contribution in [0.4, 0.5) is 0 Å². The van der Waals surface area contributed by atoms with Gasteiger partial charge in [0, 0.05) is 11.3 Å². The van der Waals surface area contributed by atoms with Crippen molar-refractivity contribution in [2.75, 3.05) is 5.75 Å². The number of ketones is 1. The number of hydrogen-bond donors (Lipinski definition) is 0. The molecule has 2 heteroatoms. The zero-order chi connectivity index (χ0) is 11.9. The summed E-state index contributed by atoms with van der Waals surface area (Å²) in [6, 6.07) is 10.2. The SMILES string of the molecule is O=C(CSc1ccccc1)CC1CCCCC1. The van der Waals surface area contributed by atoms with Crippen molar-refractivity contribution in [1.82, 2.24) is 0 Å². The van der Waals surface area contributed by atoms with Crippen molar-refractivity contribution < 1.29 is 4.79 Å². The first-order valence-electron chi connectivity index (χ1n) is 6.54. The van der Waals surface area contributed by atoms with Gasteiger partial charge in [0.25, 0.3) is 0 Å². The monoisotopic (exact) mass is 248 g/mol. The number of Topliss-reactive ketones (excluding diaryl/α,β-unsaturated/α-hetero) is 1. The summed E-state index contributed by atoms with van der Waals surface area (Å²) >= 11 is 1.67. The lowest BCUT2D eigenvalue weighted by atomic mass is 9.86. The Morgan fingerprint density at radius 1 is 1.12 bits per heavy atom. The summed E-state index contributed by atoms with van der Waals surface area (Å²) in [6.07, 6.45) is 7.35. The zero-order valence-electron chi connectivity index (χ0n) is 10.2. The molecule has 0 heterocycles. The van der Waals surface area contributed by atoms with Gasteiger partial charge >= 0.3 is 0 Å². The van der Waals surface area contributed by atoms with E-state index in [1.165, 1.54) is 37.0 Å². The Bertz CT molecular complexity index is 341. The van der Waals surface area contributed by atoms with E-state index in [0.717, 1.165) is 6.42 Å². The van der Waals surface area contributed by atoms with Gasteiger partial charge in [0.1, 0.15) is 5.78 Å². The van der Waals surface area contributed by atoms with Crippen molar-refractivity contribution in [3.63, 3.8) is 0 Å². The second-order valence-corrected chi connectivity index (χ2v) is 5.90. The predicted octanol–water partition coefficient (Wildman–Crippen LogP) is 4.32. The van der Waals surface area contributed by atoms with E-state index in [9.17, 15) is 4.79 Å². The van der Waals surface area contributed by atoms with Crippen LogP contribution in [0.3, 0.4) is 0 Å². The van der Waals surface area contributed by atoms with Crippen molar-refractivity contribution in [3.8, 4) is 0 Å². The normalized spacial score (nSPS) is 16.9. The molecule has 1 saturated carbocycles. The summed E-state index contributed by atoms with van der Waals surface area (Å²) in [4.78, 5) is 13.1. The highest BCUT2D eigenvalue weighted by Gasteiger charge is 2.16. The van der Waals surface area contributed by atoms with Gasteiger partial charge in [-0.25, -0.2) is 0 Å². The van der Waals surface area contributed by atoms with Crippen molar-refractivity contribution in [1.29, 1.82) is 0 Å². The van der Waals surface area contributed by atoms with Crippen LogP contribution in [0, 0.1) is 5.92 Å². The molecule has 0 saturated heterocycles. The van der Waals surface area contributed by atoms with E-state index in [-0.39, 0.29) is 0 Å². The Balaban J connectivity index is 1.70. The van der Waals surface area contributed by atoms with E-state index < -0.39 is 0 Å². The summed E-state index contributed by atoms with van der Waals surface area (Å²) in [5, 5.41) is 0. The zero-order valence-corrected chi connectivity index (χ0v) is 11.0. The first-order valence-corrected chi connectivity index (χ1v) is 7.53. The van der Waals surface area contributed by atoms with Gasteiger partial charge in [0.05, 0.1) is 5.75 Å². The second kappa shape index (κ2) is 6.85. The fraction of sp³-hybridized carbons (Fsp3) is 0.533. The van der Waals surface area contributed by atoms with Gasteiger partial charge in [0.2, 0.25) is 0 Å². The molecule has 1 aromatic rings. The molecule has 17 heavy (non-hydrogen) atoms. The van der Waals surface area contributed by atoms with E-state index in [2.05, 4.69) is 12.1 Å². The maximum atomic E-state index is 11.9. The molecule has 1 aliphatic rings. The summed E-state index contributed by atoms with van der Waals surface area (Å²) in [6.45, 7) is 0. The molecule has 1 nitrogen and oxygen atoms in total. The fourth-order valence-corrected chi connectivity index (χ4v) is 3.25.